The number of aryl methyl sites for hydroxylation is 1. The van der Waals surface area contributed by atoms with Gasteiger partial charge in [-0.1, -0.05) is 6.92 Å². The molecule has 2 amide bonds. The van der Waals surface area contributed by atoms with E-state index in [1.165, 1.54) is 0 Å². The Bertz CT molecular complexity index is 660. The molecule has 2 aliphatic heterocycles. The molecule has 4 rings (SSSR count). The molecule has 6 heteroatoms. The minimum absolute atomic E-state index is 0.0550. The fourth-order valence-electron chi connectivity index (χ4n) is 4.50. The Morgan fingerprint density at radius 1 is 1.04 bits per heavy atom. The van der Waals surface area contributed by atoms with Gasteiger partial charge in [-0.3, -0.25) is 14.7 Å². The summed E-state index contributed by atoms with van der Waals surface area (Å²) >= 11 is 0. The quantitative estimate of drug-likeness (QED) is 0.894. The van der Waals surface area contributed by atoms with Crippen molar-refractivity contribution in [1.82, 2.24) is 20.0 Å². The van der Waals surface area contributed by atoms with E-state index < -0.39 is 0 Å². The molecule has 1 aromatic rings. The summed E-state index contributed by atoms with van der Waals surface area (Å²) in [6.07, 6.45) is 7.98. The Hall–Kier alpha value is -1.85. The number of likely N-dealkylation sites (tertiary alicyclic amines) is 2. The molecule has 0 radical (unpaired) electrons. The molecule has 0 aromatic carbocycles. The van der Waals surface area contributed by atoms with E-state index in [9.17, 15) is 9.59 Å². The number of rotatable bonds is 2. The molecule has 6 nitrogen and oxygen atoms in total. The zero-order valence-corrected chi connectivity index (χ0v) is 15.1. The van der Waals surface area contributed by atoms with E-state index in [4.69, 9.17) is 0 Å². The third-order valence-corrected chi connectivity index (χ3v) is 6.15. The first-order valence-corrected chi connectivity index (χ1v) is 9.81. The van der Waals surface area contributed by atoms with E-state index in [1.54, 1.807) is 4.90 Å². The summed E-state index contributed by atoms with van der Waals surface area (Å²) < 4.78 is 0. The summed E-state index contributed by atoms with van der Waals surface area (Å²) in [5, 5.41) is 7.37. The fraction of sp³-hybridized carbons (Fsp3) is 0.737. The van der Waals surface area contributed by atoms with Gasteiger partial charge in [-0.05, 0) is 57.3 Å². The summed E-state index contributed by atoms with van der Waals surface area (Å²) in [7, 11) is 0. The van der Waals surface area contributed by atoms with Crippen LogP contribution in [0.2, 0.25) is 0 Å². The van der Waals surface area contributed by atoms with Gasteiger partial charge in [0, 0.05) is 30.9 Å². The van der Waals surface area contributed by atoms with Crippen molar-refractivity contribution in [2.75, 3.05) is 19.6 Å². The number of aromatic nitrogens is 2. The van der Waals surface area contributed by atoms with E-state index in [0.29, 0.717) is 18.2 Å². The van der Waals surface area contributed by atoms with E-state index in [1.807, 2.05) is 4.90 Å². The lowest BCUT2D eigenvalue weighted by atomic mass is 9.95. The van der Waals surface area contributed by atoms with Crippen molar-refractivity contribution in [2.45, 2.75) is 64.3 Å². The zero-order valence-electron chi connectivity index (χ0n) is 15.1. The Balaban J connectivity index is 1.50. The average Bonchev–Trinajstić information content (AvgIpc) is 3.28. The van der Waals surface area contributed by atoms with E-state index in [-0.39, 0.29) is 17.9 Å². The lowest BCUT2D eigenvalue weighted by Crippen LogP contribution is -2.50. The molecule has 1 aliphatic carbocycles. The molecule has 0 bridgehead atoms. The van der Waals surface area contributed by atoms with Gasteiger partial charge < -0.3 is 9.80 Å². The number of carbonyl (C=O) groups excluding carboxylic acids is 2. The number of piperidine rings is 1. The van der Waals surface area contributed by atoms with Crippen LogP contribution in [0.4, 0.5) is 0 Å². The van der Waals surface area contributed by atoms with Gasteiger partial charge in [0.2, 0.25) is 5.91 Å². The van der Waals surface area contributed by atoms with Crippen molar-refractivity contribution in [2.24, 2.45) is 5.92 Å². The third kappa shape index (κ3) is 3.07. The number of amides is 2. The monoisotopic (exact) mass is 344 g/mol. The van der Waals surface area contributed by atoms with Crippen LogP contribution in [0.1, 0.15) is 67.2 Å². The zero-order chi connectivity index (χ0) is 17.4. The minimum atomic E-state index is -0.295. The fourth-order valence-corrected chi connectivity index (χ4v) is 4.50. The highest BCUT2D eigenvalue weighted by Crippen LogP contribution is 2.27. The lowest BCUT2D eigenvalue weighted by molar-refractivity contribution is -0.136. The van der Waals surface area contributed by atoms with Gasteiger partial charge in [0.1, 0.15) is 6.04 Å². The van der Waals surface area contributed by atoms with Crippen molar-refractivity contribution in [3.05, 3.63) is 17.0 Å². The van der Waals surface area contributed by atoms with Gasteiger partial charge in [-0.2, -0.15) is 5.10 Å². The number of hydrogen-bond acceptors (Lipinski definition) is 3. The van der Waals surface area contributed by atoms with Crippen molar-refractivity contribution in [1.29, 1.82) is 0 Å². The maximum atomic E-state index is 13.1. The van der Waals surface area contributed by atoms with Gasteiger partial charge >= 0.3 is 0 Å². The van der Waals surface area contributed by atoms with Crippen molar-refractivity contribution in [3.63, 3.8) is 0 Å². The summed E-state index contributed by atoms with van der Waals surface area (Å²) in [6, 6.07) is -0.295. The third-order valence-electron chi connectivity index (χ3n) is 6.15. The summed E-state index contributed by atoms with van der Waals surface area (Å²) in [5.41, 5.74) is 2.75. The maximum Gasteiger partial charge on any atom is 0.275 e. The molecule has 0 saturated carbocycles. The van der Waals surface area contributed by atoms with Crippen LogP contribution in [-0.4, -0.2) is 57.5 Å². The molecule has 2 saturated heterocycles. The van der Waals surface area contributed by atoms with Crippen LogP contribution in [0.25, 0.3) is 0 Å². The number of H-pyrrole nitrogens is 1. The second-order valence-electron chi connectivity index (χ2n) is 7.90. The largest absolute Gasteiger partial charge is 0.341 e. The standard InChI is InChI=1S/C19H28N4O2/c1-13-8-11-22(12-9-13)18(24)16-7-4-10-23(16)19(25)17-14-5-2-3-6-15(14)20-21-17/h13,16H,2-12H2,1H3,(H,20,21). The van der Waals surface area contributed by atoms with E-state index in [0.717, 1.165) is 75.7 Å². The molecule has 1 aromatic heterocycles. The summed E-state index contributed by atoms with van der Waals surface area (Å²) in [6.45, 7) is 4.57. The number of fused-ring (bicyclic) bond motifs is 1. The molecule has 3 aliphatic rings. The molecule has 1 atom stereocenters. The number of nitrogens with zero attached hydrogens (tertiary/aromatic N) is 3. The molecule has 136 valence electrons. The average molecular weight is 344 g/mol. The first-order chi connectivity index (χ1) is 12.1. The lowest BCUT2D eigenvalue weighted by Gasteiger charge is -2.34. The molecule has 3 heterocycles. The highest BCUT2D eigenvalue weighted by molar-refractivity contribution is 5.97. The predicted octanol–water partition coefficient (Wildman–Crippen LogP) is 2.15. The normalized spacial score (nSPS) is 24.4. The molecule has 0 spiro atoms. The van der Waals surface area contributed by atoms with Crippen LogP contribution in [0.3, 0.4) is 0 Å². The van der Waals surface area contributed by atoms with E-state index in [2.05, 4.69) is 17.1 Å². The maximum absolute atomic E-state index is 13.1. The van der Waals surface area contributed by atoms with Crippen molar-refractivity contribution in [3.8, 4) is 0 Å². The van der Waals surface area contributed by atoms with Gasteiger partial charge in [0.05, 0.1) is 0 Å². The van der Waals surface area contributed by atoms with Crippen LogP contribution < -0.4 is 0 Å². The molecular weight excluding hydrogens is 316 g/mol. The number of nitrogens with one attached hydrogen (secondary N) is 1. The first kappa shape index (κ1) is 16.6. The van der Waals surface area contributed by atoms with Gasteiger partial charge in [-0.25, -0.2) is 0 Å². The van der Waals surface area contributed by atoms with Gasteiger partial charge in [0.25, 0.3) is 5.91 Å². The van der Waals surface area contributed by atoms with Crippen LogP contribution in [0.5, 0.6) is 0 Å². The van der Waals surface area contributed by atoms with Crippen LogP contribution in [0, 0.1) is 5.92 Å². The van der Waals surface area contributed by atoms with Gasteiger partial charge in [0.15, 0.2) is 5.69 Å². The Morgan fingerprint density at radius 2 is 1.80 bits per heavy atom. The number of aromatic amines is 1. The van der Waals surface area contributed by atoms with Gasteiger partial charge in [-0.15, -0.1) is 0 Å². The minimum Gasteiger partial charge on any atom is -0.341 e. The van der Waals surface area contributed by atoms with Crippen molar-refractivity contribution < 1.29 is 9.59 Å². The second kappa shape index (κ2) is 6.81. The van der Waals surface area contributed by atoms with E-state index >= 15 is 0 Å². The molecule has 2 fully saturated rings. The van der Waals surface area contributed by atoms with Crippen molar-refractivity contribution >= 4 is 11.8 Å². The molecule has 1 unspecified atom stereocenters. The molecular formula is C19H28N4O2. The Morgan fingerprint density at radius 3 is 2.60 bits per heavy atom. The van der Waals surface area contributed by atoms with Crippen LogP contribution in [-0.2, 0) is 17.6 Å². The second-order valence-corrected chi connectivity index (χ2v) is 7.90. The predicted molar refractivity (Wildman–Crippen MR) is 94.3 cm³/mol. The molecule has 25 heavy (non-hydrogen) atoms. The highest BCUT2D eigenvalue weighted by Gasteiger charge is 2.39. The Kier molecular flexibility index (Phi) is 4.52. The summed E-state index contributed by atoms with van der Waals surface area (Å²) in [5.74, 6) is 0.781. The Labute approximate surface area is 148 Å². The number of carbonyl (C=O) groups is 2. The first-order valence-electron chi connectivity index (χ1n) is 9.81. The SMILES string of the molecule is CC1CCN(C(=O)C2CCCN2C(=O)c2n[nH]c3c2CCCC3)CC1. The van der Waals surface area contributed by atoms with Crippen LogP contribution in [0.15, 0.2) is 0 Å². The smallest absolute Gasteiger partial charge is 0.275 e. The highest BCUT2D eigenvalue weighted by atomic mass is 16.2. The summed E-state index contributed by atoms with van der Waals surface area (Å²) in [4.78, 5) is 29.8. The number of hydrogen-bond donors (Lipinski definition) is 1. The molecule has 1 N–H and O–H groups in total. The van der Waals surface area contributed by atoms with Crippen LogP contribution >= 0.6 is 0 Å². The topological polar surface area (TPSA) is 69.3 Å².